The van der Waals surface area contributed by atoms with E-state index < -0.39 is 5.82 Å². The number of rotatable bonds is 6. The van der Waals surface area contributed by atoms with E-state index in [0.29, 0.717) is 60.2 Å². The van der Waals surface area contributed by atoms with E-state index in [2.05, 4.69) is 10.3 Å². The Kier molecular flexibility index (Phi) is 6.09. The van der Waals surface area contributed by atoms with Crippen LogP contribution in [-0.2, 0) is 16.0 Å². The van der Waals surface area contributed by atoms with Crippen LogP contribution in [0.5, 0.6) is 0 Å². The molecule has 0 radical (unpaired) electrons. The lowest BCUT2D eigenvalue weighted by Crippen LogP contribution is -2.40. The van der Waals surface area contributed by atoms with Crippen LogP contribution in [-0.4, -0.2) is 48.0 Å². The summed E-state index contributed by atoms with van der Waals surface area (Å²) in [7, 11) is 0. The molecule has 0 unspecified atom stereocenters. The maximum Gasteiger partial charge on any atom is 0.291 e. The Labute approximate surface area is 194 Å². The average molecular weight is 463 g/mol. The van der Waals surface area contributed by atoms with Gasteiger partial charge in [0, 0.05) is 31.3 Å². The Bertz CT molecular complexity index is 1340. The number of furan rings is 1. The lowest BCUT2D eigenvalue weighted by molar-refractivity contribution is -0.116. The van der Waals surface area contributed by atoms with Crippen LogP contribution in [0.4, 0.5) is 10.1 Å². The molecule has 174 valence electrons. The molecule has 5 rings (SSSR count). The molecule has 1 fully saturated rings. The van der Waals surface area contributed by atoms with Crippen molar-refractivity contribution in [2.24, 2.45) is 0 Å². The van der Waals surface area contributed by atoms with Gasteiger partial charge in [0.2, 0.25) is 11.7 Å². The summed E-state index contributed by atoms with van der Waals surface area (Å²) in [6.07, 6.45) is 1.71. The van der Waals surface area contributed by atoms with Crippen molar-refractivity contribution in [1.82, 2.24) is 9.88 Å². The van der Waals surface area contributed by atoms with Gasteiger partial charge in [0.1, 0.15) is 17.1 Å². The van der Waals surface area contributed by atoms with Crippen molar-refractivity contribution in [3.8, 4) is 11.3 Å². The maximum absolute atomic E-state index is 14.0. The number of anilines is 1. The fraction of sp³-hybridized carbons (Fsp3) is 0.240. The van der Waals surface area contributed by atoms with Crippen LogP contribution < -0.4 is 5.32 Å². The number of aryl methyl sites for hydroxylation is 1. The van der Waals surface area contributed by atoms with Crippen LogP contribution in [0, 0.1) is 5.82 Å². The quantitative estimate of drug-likeness (QED) is 0.459. The first-order valence-electron chi connectivity index (χ1n) is 11.0. The second-order valence-electron chi connectivity index (χ2n) is 7.85. The van der Waals surface area contributed by atoms with Crippen molar-refractivity contribution < 1.29 is 27.6 Å². The van der Waals surface area contributed by atoms with E-state index in [9.17, 15) is 14.0 Å². The molecule has 34 heavy (non-hydrogen) atoms. The van der Waals surface area contributed by atoms with E-state index >= 15 is 0 Å². The Morgan fingerprint density at radius 2 is 1.79 bits per heavy atom. The van der Waals surface area contributed by atoms with E-state index in [-0.39, 0.29) is 30.4 Å². The SMILES string of the molecule is O=C(CCc1ncc(-c2ccccc2F)o1)Nc1c(C(=O)N2CCOCC2)oc2ccccc12. The van der Waals surface area contributed by atoms with Gasteiger partial charge in [-0.25, -0.2) is 9.37 Å². The van der Waals surface area contributed by atoms with Gasteiger partial charge >= 0.3 is 0 Å². The van der Waals surface area contributed by atoms with Gasteiger partial charge in [-0.05, 0) is 24.3 Å². The molecule has 2 amide bonds. The van der Waals surface area contributed by atoms with E-state index in [1.807, 2.05) is 6.07 Å². The lowest BCUT2D eigenvalue weighted by Gasteiger charge is -2.26. The summed E-state index contributed by atoms with van der Waals surface area (Å²) in [4.78, 5) is 31.7. The van der Waals surface area contributed by atoms with Crippen molar-refractivity contribution in [1.29, 1.82) is 0 Å². The van der Waals surface area contributed by atoms with Crippen LogP contribution in [0.2, 0.25) is 0 Å². The summed E-state index contributed by atoms with van der Waals surface area (Å²) < 4.78 is 30.8. The first-order valence-corrected chi connectivity index (χ1v) is 11.0. The number of aromatic nitrogens is 1. The molecule has 3 heterocycles. The van der Waals surface area contributed by atoms with Crippen molar-refractivity contribution in [3.63, 3.8) is 0 Å². The molecule has 0 spiro atoms. The minimum atomic E-state index is -0.410. The molecule has 2 aromatic heterocycles. The molecule has 1 aliphatic rings. The molecule has 2 aromatic carbocycles. The van der Waals surface area contributed by atoms with E-state index in [1.165, 1.54) is 12.3 Å². The van der Waals surface area contributed by atoms with Crippen LogP contribution in [0.15, 0.2) is 63.6 Å². The third kappa shape index (κ3) is 4.42. The molecule has 1 N–H and O–H groups in total. The zero-order valence-corrected chi connectivity index (χ0v) is 18.3. The number of halogens is 1. The Hall–Kier alpha value is -3.98. The predicted octanol–water partition coefficient (Wildman–Crippen LogP) is 4.27. The number of para-hydroxylation sites is 1. The molecular formula is C25H22FN3O5. The number of morpholine rings is 1. The standard InChI is InChI=1S/C25H22FN3O5/c26-18-7-3-1-5-16(18)20-15-27-22(33-20)10-9-21(30)28-23-17-6-2-4-8-19(17)34-24(23)25(31)29-11-13-32-14-12-29/h1-8,15H,9-14H2,(H,28,30). The number of amides is 2. The number of benzene rings is 2. The summed E-state index contributed by atoms with van der Waals surface area (Å²) in [5.74, 6) is -0.324. The number of ether oxygens (including phenoxy) is 1. The monoisotopic (exact) mass is 463 g/mol. The number of fused-ring (bicyclic) bond motifs is 1. The van der Waals surface area contributed by atoms with Gasteiger partial charge in [-0.3, -0.25) is 9.59 Å². The largest absolute Gasteiger partial charge is 0.449 e. The lowest BCUT2D eigenvalue weighted by atomic mass is 10.2. The highest BCUT2D eigenvalue weighted by molar-refractivity contribution is 6.10. The smallest absolute Gasteiger partial charge is 0.291 e. The number of nitrogens with zero attached hydrogens (tertiary/aromatic N) is 2. The highest BCUT2D eigenvalue weighted by atomic mass is 19.1. The Morgan fingerprint density at radius 3 is 2.62 bits per heavy atom. The van der Waals surface area contributed by atoms with E-state index in [1.54, 1.807) is 41.3 Å². The number of oxazole rings is 1. The van der Waals surface area contributed by atoms with Gasteiger partial charge in [-0.15, -0.1) is 0 Å². The molecule has 0 saturated carbocycles. The van der Waals surface area contributed by atoms with Gasteiger partial charge in [0.15, 0.2) is 11.7 Å². The molecule has 4 aromatic rings. The zero-order chi connectivity index (χ0) is 23.5. The number of carbonyl (C=O) groups excluding carboxylic acids is 2. The van der Waals surface area contributed by atoms with Crippen LogP contribution in [0.25, 0.3) is 22.3 Å². The van der Waals surface area contributed by atoms with Crippen molar-refractivity contribution in [2.45, 2.75) is 12.8 Å². The van der Waals surface area contributed by atoms with E-state index in [4.69, 9.17) is 13.6 Å². The van der Waals surface area contributed by atoms with Crippen LogP contribution in [0.1, 0.15) is 22.9 Å². The second kappa shape index (κ2) is 9.48. The van der Waals surface area contributed by atoms with Gasteiger partial charge in [0.05, 0.1) is 25.0 Å². The highest BCUT2D eigenvalue weighted by Crippen LogP contribution is 2.32. The normalized spacial score (nSPS) is 13.9. The Morgan fingerprint density at radius 1 is 1.03 bits per heavy atom. The van der Waals surface area contributed by atoms with Gasteiger partial charge < -0.3 is 23.8 Å². The molecule has 9 heteroatoms. The fourth-order valence-electron chi connectivity index (χ4n) is 3.86. The number of hydrogen-bond donors (Lipinski definition) is 1. The molecule has 0 bridgehead atoms. The van der Waals surface area contributed by atoms with Crippen LogP contribution in [0.3, 0.4) is 0 Å². The number of hydrogen-bond acceptors (Lipinski definition) is 6. The summed E-state index contributed by atoms with van der Waals surface area (Å²) >= 11 is 0. The zero-order valence-electron chi connectivity index (χ0n) is 18.3. The molecule has 1 saturated heterocycles. The van der Waals surface area contributed by atoms with Crippen molar-refractivity contribution >= 4 is 28.5 Å². The molecule has 8 nitrogen and oxygen atoms in total. The van der Waals surface area contributed by atoms with Crippen molar-refractivity contribution in [3.05, 3.63) is 72.2 Å². The third-order valence-corrected chi connectivity index (χ3v) is 5.61. The average Bonchev–Trinajstić information content (AvgIpc) is 3.48. The molecule has 1 aliphatic heterocycles. The maximum atomic E-state index is 14.0. The summed E-state index contributed by atoms with van der Waals surface area (Å²) in [6.45, 7) is 1.83. The fourth-order valence-corrected chi connectivity index (χ4v) is 3.86. The topological polar surface area (TPSA) is 97.8 Å². The second-order valence-corrected chi connectivity index (χ2v) is 7.85. The first kappa shape index (κ1) is 21.8. The minimum absolute atomic E-state index is 0.0575. The molecular weight excluding hydrogens is 441 g/mol. The third-order valence-electron chi connectivity index (χ3n) is 5.61. The summed E-state index contributed by atoms with van der Waals surface area (Å²) in [6, 6.07) is 13.4. The molecule has 0 aliphatic carbocycles. The Balaban J connectivity index is 1.31. The number of nitrogens with one attached hydrogen (secondary N) is 1. The first-order chi connectivity index (χ1) is 16.6. The number of carbonyl (C=O) groups is 2. The minimum Gasteiger partial charge on any atom is -0.449 e. The van der Waals surface area contributed by atoms with E-state index in [0.717, 1.165) is 0 Å². The summed E-state index contributed by atoms with van der Waals surface area (Å²) in [5, 5.41) is 3.47. The predicted molar refractivity (Wildman–Crippen MR) is 122 cm³/mol. The van der Waals surface area contributed by atoms with Gasteiger partial charge in [0.25, 0.3) is 5.91 Å². The highest BCUT2D eigenvalue weighted by Gasteiger charge is 2.27. The van der Waals surface area contributed by atoms with Gasteiger partial charge in [-0.2, -0.15) is 0 Å². The van der Waals surface area contributed by atoms with Crippen molar-refractivity contribution in [2.75, 3.05) is 31.6 Å². The van der Waals surface area contributed by atoms with Crippen LogP contribution >= 0.6 is 0 Å². The summed E-state index contributed by atoms with van der Waals surface area (Å²) in [5.41, 5.74) is 1.16. The molecule has 0 atom stereocenters. The van der Waals surface area contributed by atoms with Gasteiger partial charge in [-0.1, -0.05) is 24.3 Å².